The summed E-state index contributed by atoms with van der Waals surface area (Å²) in [5.41, 5.74) is 1.52. The van der Waals surface area contributed by atoms with Gasteiger partial charge in [-0.3, -0.25) is 14.7 Å². The lowest BCUT2D eigenvalue weighted by molar-refractivity contribution is -0.140. The molecule has 0 aromatic carbocycles. The van der Waals surface area contributed by atoms with Crippen molar-refractivity contribution in [1.82, 2.24) is 15.1 Å². The highest BCUT2D eigenvalue weighted by atomic mass is 16.5. The number of carbonyl (C=O) groups excluding carboxylic acids is 2. The van der Waals surface area contributed by atoms with E-state index in [9.17, 15) is 9.59 Å². The third-order valence-electron chi connectivity index (χ3n) is 5.17. The van der Waals surface area contributed by atoms with Gasteiger partial charge in [0.1, 0.15) is 0 Å². The first kappa shape index (κ1) is 16.8. The number of aromatic amines is 1. The highest BCUT2D eigenvalue weighted by Gasteiger charge is 2.41. The Morgan fingerprint density at radius 3 is 2.58 bits per heavy atom. The highest BCUT2D eigenvalue weighted by Crippen LogP contribution is 2.47. The number of nitrogens with one attached hydrogen (secondary N) is 1. The van der Waals surface area contributed by atoms with Crippen LogP contribution in [0.3, 0.4) is 0 Å². The molecule has 7 heteroatoms. The van der Waals surface area contributed by atoms with E-state index in [0.717, 1.165) is 18.9 Å². The summed E-state index contributed by atoms with van der Waals surface area (Å²) in [5, 5.41) is 7.61. The lowest BCUT2D eigenvalue weighted by Gasteiger charge is -2.34. The number of esters is 1. The molecule has 1 aliphatic heterocycles. The van der Waals surface area contributed by atoms with E-state index in [2.05, 4.69) is 32.8 Å². The van der Waals surface area contributed by atoms with Crippen LogP contribution in [0.25, 0.3) is 0 Å². The van der Waals surface area contributed by atoms with Gasteiger partial charge in [0, 0.05) is 56.2 Å². The Bertz CT molecular complexity index is 601. The molecule has 0 radical (unpaired) electrons. The lowest BCUT2D eigenvalue weighted by Crippen LogP contribution is -2.48. The molecule has 132 valence electrons. The van der Waals surface area contributed by atoms with Crippen molar-refractivity contribution < 1.29 is 14.3 Å². The van der Waals surface area contributed by atoms with Crippen LogP contribution in [0.2, 0.25) is 0 Å². The number of carbonyl (C=O) groups is 2. The van der Waals surface area contributed by atoms with Crippen LogP contribution in [0.5, 0.6) is 0 Å². The number of anilines is 1. The fourth-order valence-electron chi connectivity index (χ4n) is 3.07. The maximum absolute atomic E-state index is 12.2. The van der Waals surface area contributed by atoms with Crippen molar-refractivity contribution in [2.24, 2.45) is 0 Å². The van der Waals surface area contributed by atoms with Gasteiger partial charge in [-0.1, -0.05) is 6.92 Å². The number of nitrogens with zero attached hydrogens (tertiary/aromatic N) is 3. The second-order valence-electron chi connectivity index (χ2n) is 7.00. The predicted molar refractivity (Wildman–Crippen MR) is 89.8 cm³/mol. The molecule has 0 bridgehead atoms. The van der Waals surface area contributed by atoms with Crippen molar-refractivity contribution in [3.05, 3.63) is 11.8 Å². The Morgan fingerprint density at radius 2 is 1.96 bits per heavy atom. The molecular formula is C17H26N4O3. The monoisotopic (exact) mass is 334 g/mol. The van der Waals surface area contributed by atoms with E-state index in [4.69, 9.17) is 0 Å². The van der Waals surface area contributed by atoms with Gasteiger partial charge in [-0.25, -0.2) is 0 Å². The van der Waals surface area contributed by atoms with Gasteiger partial charge in [-0.15, -0.1) is 0 Å². The van der Waals surface area contributed by atoms with Gasteiger partial charge < -0.3 is 14.5 Å². The molecule has 1 saturated carbocycles. The van der Waals surface area contributed by atoms with Crippen molar-refractivity contribution in [3.8, 4) is 0 Å². The van der Waals surface area contributed by atoms with E-state index in [0.29, 0.717) is 37.8 Å². The molecule has 1 N–H and O–H groups in total. The number of hydrogen-bond donors (Lipinski definition) is 1. The normalized spacial score (nSPS) is 19.2. The van der Waals surface area contributed by atoms with E-state index in [-0.39, 0.29) is 11.9 Å². The fourth-order valence-corrected chi connectivity index (χ4v) is 3.07. The molecule has 24 heavy (non-hydrogen) atoms. The fraction of sp³-hybridized carbons (Fsp3) is 0.706. The number of piperazine rings is 1. The van der Waals surface area contributed by atoms with Crippen molar-refractivity contribution in [2.45, 2.75) is 44.4 Å². The van der Waals surface area contributed by atoms with E-state index >= 15 is 0 Å². The maximum Gasteiger partial charge on any atom is 0.305 e. The largest absolute Gasteiger partial charge is 0.469 e. The van der Waals surface area contributed by atoms with Crippen LogP contribution in [0.15, 0.2) is 6.07 Å². The van der Waals surface area contributed by atoms with Gasteiger partial charge in [-0.2, -0.15) is 5.10 Å². The maximum atomic E-state index is 12.2. The quantitative estimate of drug-likeness (QED) is 0.797. The van der Waals surface area contributed by atoms with Crippen LogP contribution in [-0.4, -0.2) is 60.3 Å². The van der Waals surface area contributed by atoms with Crippen LogP contribution >= 0.6 is 0 Å². The summed E-state index contributed by atoms with van der Waals surface area (Å²) in [6.45, 7) is 5.26. The Morgan fingerprint density at radius 1 is 1.25 bits per heavy atom. The highest BCUT2D eigenvalue weighted by molar-refractivity contribution is 5.77. The lowest BCUT2D eigenvalue weighted by atomic mass is 10.1. The van der Waals surface area contributed by atoms with Gasteiger partial charge in [0.2, 0.25) is 5.91 Å². The van der Waals surface area contributed by atoms with Gasteiger partial charge in [0.15, 0.2) is 5.82 Å². The Labute approximate surface area is 142 Å². The summed E-state index contributed by atoms with van der Waals surface area (Å²) < 4.78 is 4.59. The molecule has 0 atom stereocenters. The summed E-state index contributed by atoms with van der Waals surface area (Å²) in [4.78, 5) is 27.4. The third kappa shape index (κ3) is 3.71. The minimum atomic E-state index is -0.258. The SMILES string of the molecule is COC(=O)CCCC(=O)N1CCN(c2cc(C3(C)CC3)[nH]n2)CC1. The van der Waals surface area contributed by atoms with E-state index in [1.165, 1.54) is 25.6 Å². The first-order valence-electron chi connectivity index (χ1n) is 8.67. The average molecular weight is 334 g/mol. The number of hydrogen-bond acceptors (Lipinski definition) is 5. The number of methoxy groups -OCH3 is 1. The summed E-state index contributed by atoms with van der Waals surface area (Å²) in [5.74, 6) is 0.842. The van der Waals surface area contributed by atoms with E-state index in [1.807, 2.05) is 4.90 Å². The minimum Gasteiger partial charge on any atom is -0.469 e. The summed E-state index contributed by atoms with van der Waals surface area (Å²) in [6.07, 6.45) is 3.70. The van der Waals surface area contributed by atoms with Gasteiger partial charge in [0.05, 0.1) is 7.11 Å². The molecule has 2 fully saturated rings. The molecule has 3 rings (SSSR count). The summed E-state index contributed by atoms with van der Waals surface area (Å²) >= 11 is 0. The molecule has 1 aromatic heterocycles. The smallest absolute Gasteiger partial charge is 0.305 e. The molecular weight excluding hydrogens is 308 g/mol. The molecule has 1 saturated heterocycles. The first-order valence-corrected chi connectivity index (χ1v) is 8.67. The molecule has 2 aliphatic rings. The minimum absolute atomic E-state index is 0.117. The number of aromatic nitrogens is 2. The molecule has 0 unspecified atom stereocenters. The van der Waals surface area contributed by atoms with Crippen LogP contribution in [0.1, 0.15) is 44.7 Å². The van der Waals surface area contributed by atoms with Crippen LogP contribution in [0.4, 0.5) is 5.82 Å². The van der Waals surface area contributed by atoms with Gasteiger partial charge in [-0.05, 0) is 19.3 Å². The third-order valence-corrected chi connectivity index (χ3v) is 5.17. The van der Waals surface area contributed by atoms with Crippen molar-refractivity contribution >= 4 is 17.7 Å². The zero-order valence-electron chi connectivity index (χ0n) is 14.5. The van der Waals surface area contributed by atoms with Crippen molar-refractivity contribution in [2.75, 3.05) is 38.2 Å². The number of ether oxygens (including phenoxy) is 1. The number of rotatable bonds is 6. The van der Waals surface area contributed by atoms with Crippen LogP contribution in [0, 0.1) is 0 Å². The van der Waals surface area contributed by atoms with E-state index < -0.39 is 0 Å². The molecule has 7 nitrogen and oxygen atoms in total. The molecule has 2 heterocycles. The summed E-state index contributed by atoms with van der Waals surface area (Å²) in [7, 11) is 1.37. The second kappa shape index (κ2) is 6.83. The number of H-pyrrole nitrogens is 1. The zero-order valence-corrected chi connectivity index (χ0v) is 14.5. The van der Waals surface area contributed by atoms with Crippen LogP contribution in [-0.2, 0) is 19.7 Å². The molecule has 0 spiro atoms. The molecule has 1 aliphatic carbocycles. The number of amides is 1. The Kier molecular flexibility index (Phi) is 4.78. The average Bonchev–Trinajstić information content (AvgIpc) is 3.15. The van der Waals surface area contributed by atoms with Crippen molar-refractivity contribution in [1.29, 1.82) is 0 Å². The zero-order chi connectivity index (χ0) is 17.2. The Balaban J connectivity index is 1.44. The van der Waals surface area contributed by atoms with E-state index in [1.54, 1.807) is 0 Å². The molecule has 1 amide bonds. The Hall–Kier alpha value is -2.05. The van der Waals surface area contributed by atoms with Crippen molar-refractivity contribution in [3.63, 3.8) is 0 Å². The molecule has 1 aromatic rings. The predicted octanol–water partition coefficient (Wildman–Crippen LogP) is 1.45. The summed E-state index contributed by atoms with van der Waals surface area (Å²) in [6, 6.07) is 2.15. The van der Waals surface area contributed by atoms with Crippen LogP contribution < -0.4 is 4.90 Å². The standard InChI is InChI=1S/C17H26N4O3/c1-17(6-7-17)13-12-14(19-18-13)20-8-10-21(11-9-20)15(22)4-3-5-16(23)24-2/h12H,3-11H2,1-2H3,(H,18,19). The second-order valence-corrected chi connectivity index (χ2v) is 7.00. The topological polar surface area (TPSA) is 78.5 Å². The first-order chi connectivity index (χ1) is 11.5. The van der Waals surface area contributed by atoms with Gasteiger partial charge in [0.25, 0.3) is 0 Å². The van der Waals surface area contributed by atoms with Gasteiger partial charge >= 0.3 is 5.97 Å².